The highest BCUT2D eigenvalue weighted by molar-refractivity contribution is 6.01. The summed E-state index contributed by atoms with van der Waals surface area (Å²) in [5, 5.41) is 0.232. The molecule has 0 unspecified atom stereocenters. The Morgan fingerprint density at radius 3 is 2.24 bits per heavy atom. The van der Waals surface area contributed by atoms with Gasteiger partial charge in [0.25, 0.3) is 0 Å². The number of fused-ring (bicyclic) bond motifs is 1. The molecule has 3 rings (SSSR count). The van der Waals surface area contributed by atoms with E-state index in [0.29, 0.717) is 22.4 Å². The van der Waals surface area contributed by atoms with Gasteiger partial charge in [-0.05, 0) is 17.7 Å². The van der Waals surface area contributed by atoms with E-state index < -0.39 is 0 Å². The van der Waals surface area contributed by atoms with Gasteiger partial charge in [-0.2, -0.15) is 0 Å². The van der Waals surface area contributed by atoms with Gasteiger partial charge in [-0.15, -0.1) is 0 Å². The zero-order valence-electron chi connectivity index (χ0n) is 11.1. The average Bonchev–Trinajstić information content (AvgIpc) is 2.46. The summed E-state index contributed by atoms with van der Waals surface area (Å²) in [6.45, 7) is 0. The van der Waals surface area contributed by atoms with Crippen molar-refractivity contribution in [2.75, 3.05) is 22.9 Å². The van der Waals surface area contributed by atoms with E-state index in [4.69, 9.17) is 27.4 Å². The lowest BCUT2D eigenvalue weighted by atomic mass is 10.0. The molecule has 8 N–H and O–H groups in total. The van der Waals surface area contributed by atoms with Gasteiger partial charge in [0, 0.05) is 11.8 Å². The summed E-state index contributed by atoms with van der Waals surface area (Å²) in [7, 11) is 0. The molecule has 1 heterocycles. The molecule has 0 atom stereocenters. The molecule has 0 spiro atoms. The Morgan fingerprint density at radius 1 is 0.905 bits per heavy atom. The van der Waals surface area contributed by atoms with Crippen molar-refractivity contribution in [1.82, 2.24) is 0 Å². The summed E-state index contributed by atoms with van der Waals surface area (Å²) in [5.74, 6) is 0. The molecule has 21 heavy (non-hydrogen) atoms. The predicted octanol–water partition coefficient (Wildman–Crippen LogP) is 1.79. The molecule has 0 aliphatic carbocycles. The standard InChI is InChI=1S/C15H14N4O2/c16-8-3-1-7(2-4-8)9-6-21-11-5-10(17)13(18)14(19)12(11)15(9)20/h1-6H,16-19H2. The van der Waals surface area contributed by atoms with Crippen molar-refractivity contribution >= 4 is 33.7 Å². The summed E-state index contributed by atoms with van der Waals surface area (Å²) in [4.78, 5) is 12.6. The van der Waals surface area contributed by atoms with E-state index in [0.717, 1.165) is 0 Å². The van der Waals surface area contributed by atoms with Gasteiger partial charge in [0.1, 0.15) is 11.8 Å². The van der Waals surface area contributed by atoms with Crippen LogP contribution in [0, 0.1) is 0 Å². The minimum Gasteiger partial charge on any atom is -0.463 e. The summed E-state index contributed by atoms with van der Waals surface area (Å²) >= 11 is 0. The maximum Gasteiger partial charge on any atom is 0.202 e. The third kappa shape index (κ3) is 1.93. The van der Waals surface area contributed by atoms with E-state index in [1.54, 1.807) is 24.3 Å². The number of nitrogen functional groups attached to an aromatic ring is 4. The molecule has 0 aliphatic rings. The number of nitrogens with two attached hydrogens (primary N) is 4. The molecule has 6 heteroatoms. The molecular weight excluding hydrogens is 268 g/mol. The topological polar surface area (TPSA) is 134 Å². The van der Waals surface area contributed by atoms with Crippen LogP contribution >= 0.6 is 0 Å². The monoisotopic (exact) mass is 282 g/mol. The molecule has 0 radical (unpaired) electrons. The van der Waals surface area contributed by atoms with Crippen LogP contribution in [0.1, 0.15) is 0 Å². The zero-order chi connectivity index (χ0) is 15.1. The van der Waals surface area contributed by atoms with Crippen LogP contribution in [0.4, 0.5) is 22.7 Å². The molecule has 2 aromatic carbocycles. The summed E-state index contributed by atoms with van der Waals surface area (Å²) in [6.07, 6.45) is 1.38. The third-order valence-corrected chi connectivity index (χ3v) is 3.40. The molecule has 0 aliphatic heterocycles. The Balaban J connectivity index is 2.35. The molecule has 0 saturated carbocycles. The minimum atomic E-state index is -0.259. The average molecular weight is 282 g/mol. The molecule has 0 amide bonds. The lowest BCUT2D eigenvalue weighted by Crippen LogP contribution is -2.10. The zero-order valence-corrected chi connectivity index (χ0v) is 11.1. The summed E-state index contributed by atoms with van der Waals surface area (Å²) < 4.78 is 5.48. The van der Waals surface area contributed by atoms with Crippen LogP contribution in [-0.2, 0) is 0 Å². The lowest BCUT2D eigenvalue weighted by molar-refractivity contribution is 0.605. The van der Waals surface area contributed by atoms with Crippen molar-refractivity contribution in [1.29, 1.82) is 0 Å². The first kappa shape index (κ1) is 12.9. The molecule has 0 saturated heterocycles. The van der Waals surface area contributed by atoms with Gasteiger partial charge in [-0.3, -0.25) is 4.79 Å². The van der Waals surface area contributed by atoms with Crippen LogP contribution in [-0.4, -0.2) is 0 Å². The number of anilines is 4. The van der Waals surface area contributed by atoms with Crippen LogP contribution in [0.5, 0.6) is 0 Å². The maximum absolute atomic E-state index is 12.6. The maximum atomic E-state index is 12.6. The van der Waals surface area contributed by atoms with Gasteiger partial charge in [0.15, 0.2) is 0 Å². The Bertz CT molecular complexity index is 898. The van der Waals surface area contributed by atoms with E-state index in [1.807, 2.05) is 0 Å². The van der Waals surface area contributed by atoms with Crippen LogP contribution in [0.15, 0.2) is 45.8 Å². The highest BCUT2D eigenvalue weighted by Gasteiger charge is 2.15. The van der Waals surface area contributed by atoms with Crippen molar-refractivity contribution in [2.24, 2.45) is 0 Å². The molecule has 1 aromatic heterocycles. The second-order valence-corrected chi connectivity index (χ2v) is 4.77. The smallest absolute Gasteiger partial charge is 0.202 e. The van der Waals surface area contributed by atoms with E-state index in [-0.39, 0.29) is 27.9 Å². The fourth-order valence-electron chi connectivity index (χ4n) is 2.21. The highest BCUT2D eigenvalue weighted by atomic mass is 16.3. The number of hydrogen-bond donors (Lipinski definition) is 4. The quantitative estimate of drug-likeness (QED) is 0.502. The van der Waals surface area contributed by atoms with Crippen LogP contribution < -0.4 is 28.4 Å². The SMILES string of the molecule is Nc1ccc(-c2coc3cc(N)c(N)c(N)c3c2=O)cc1. The largest absolute Gasteiger partial charge is 0.463 e. The van der Waals surface area contributed by atoms with E-state index in [1.165, 1.54) is 12.3 Å². The molecule has 3 aromatic rings. The Kier molecular flexibility index (Phi) is 2.72. The molecule has 0 fully saturated rings. The van der Waals surface area contributed by atoms with Gasteiger partial charge < -0.3 is 27.4 Å². The van der Waals surface area contributed by atoms with Gasteiger partial charge in [-0.25, -0.2) is 0 Å². The van der Waals surface area contributed by atoms with Crippen LogP contribution in [0.3, 0.4) is 0 Å². The number of benzene rings is 2. The fraction of sp³-hybridized carbons (Fsp3) is 0. The second-order valence-electron chi connectivity index (χ2n) is 4.77. The molecule has 0 bridgehead atoms. The number of hydrogen-bond acceptors (Lipinski definition) is 6. The lowest BCUT2D eigenvalue weighted by Gasteiger charge is -2.09. The first-order valence-corrected chi connectivity index (χ1v) is 6.24. The van der Waals surface area contributed by atoms with Gasteiger partial charge >= 0.3 is 0 Å². The second kappa shape index (κ2) is 4.45. The fourth-order valence-corrected chi connectivity index (χ4v) is 2.21. The van der Waals surface area contributed by atoms with Gasteiger partial charge in [0.2, 0.25) is 5.43 Å². The van der Waals surface area contributed by atoms with Crippen molar-refractivity contribution in [2.45, 2.75) is 0 Å². The third-order valence-electron chi connectivity index (χ3n) is 3.40. The van der Waals surface area contributed by atoms with Crippen LogP contribution in [0.2, 0.25) is 0 Å². The van der Waals surface area contributed by atoms with Crippen molar-refractivity contribution in [3.8, 4) is 11.1 Å². The Morgan fingerprint density at radius 2 is 1.57 bits per heavy atom. The number of rotatable bonds is 1. The van der Waals surface area contributed by atoms with Gasteiger partial charge in [0.05, 0.1) is 28.0 Å². The first-order chi connectivity index (χ1) is 9.99. The Labute approximate surface area is 119 Å². The van der Waals surface area contributed by atoms with Crippen molar-refractivity contribution in [3.05, 3.63) is 46.8 Å². The van der Waals surface area contributed by atoms with Crippen molar-refractivity contribution in [3.63, 3.8) is 0 Å². The normalized spacial score (nSPS) is 10.9. The van der Waals surface area contributed by atoms with E-state index in [9.17, 15) is 4.79 Å². The Hall–Kier alpha value is -3.15. The summed E-state index contributed by atoms with van der Waals surface area (Å²) in [6, 6.07) is 8.39. The predicted molar refractivity (Wildman–Crippen MR) is 85.6 cm³/mol. The summed E-state index contributed by atoms with van der Waals surface area (Å²) in [5.41, 5.74) is 25.4. The van der Waals surface area contributed by atoms with Gasteiger partial charge in [-0.1, -0.05) is 12.1 Å². The molecule has 106 valence electrons. The van der Waals surface area contributed by atoms with E-state index >= 15 is 0 Å². The first-order valence-electron chi connectivity index (χ1n) is 6.24. The van der Waals surface area contributed by atoms with Crippen molar-refractivity contribution < 1.29 is 4.42 Å². The molecular formula is C15H14N4O2. The highest BCUT2D eigenvalue weighted by Crippen LogP contribution is 2.31. The minimum absolute atomic E-state index is 0.135. The van der Waals surface area contributed by atoms with E-state index in [2.05, 4.69) is 0 Å². The molecule has 6 nitrogen and oxygen atoms in total. The van der Waals surface area contributed by atoms with Crippen LogP contribution in [0.25, 0.3) is 22.1 Å².